The third kappa shape index (κ3) is 2.90. The van der Waals surface area contributed by atoms with Crippen molar-refractivity contribution in [3.05, 3.63) is 59.1 Å². The summed E-state index contributed by atoms with van der Waals surface area (Å²) in [5.74, 6) is -0.872. The number of nitrogens with zero attached hydrogens (tertiary/aromatic N) is 2. The summed E-state index contributed by atoms with van der Waals surface area (Å²) >= 11 is 5.71. The summed E-state index contributed by atoms with van der Waals surface area (Å²) in [6.45, 7) is 2.11. The molecule has 1 amide bonds. The largest absolute Gasteiger partial charge is 0.304 e. The molecular weight excluding hydrogens is 267 g/mol. The molecule has 0 aliphatic rings. The van der Waals surface area contributed by atoms with E-state index in [0.717, 1.165) is 0 Å². The Kier molecular flexibility index (Phi) is 4.12. The molecule has 19 heavy (non-hydrogen) atoms. The van der Waals surface area contributed by atoms with Crippen LogP contribution in [0.25, 0.3) is 0 Å². The van der Waals surface area contributed by atoms with Crippen LogP contribution >= 0.6 is 11.6 Å². The number of anilines is 1. The molecule has 0 aliphatic carbocycles. The second-order valence-corrected chi connectivity index (χ2v) is 4.30. The summed E-state index contributed by atoms with van der Waals surface area (Å²) in [5.41, 5.74) is 0.473. The molecular formula is C14H12ClFN2O. The van der Waals surface area contributed by atoms with E-state index in [1.54, 1.807) is 31.2 Å². The summed E-state index contributed by atoms with van der Waals surface area (Å²) in [6.07, 6.45) is 1.53. The topological polar surface area (TPSA) is 33.2 Å². The highest BCUT2D eigenvalue weighted by molar-refractivity contribution is 6.30. The van der Waals surface area contributed by atoms with Crippen molar-refractivity contribution in [1.29, 1.82) is 0 Å². The van der Waals surface area contributed by atoms with Gasteiger partial charge in [0.15, 0.2) is 0 Å². The maximum Gasteiger partial charge on any atom is 0.276 e. The number of rotatable bonds is 3. The first kappa shape index (κ1) is 13.5. The van der Waals surface area contributed by atoms with Gasteiger partial charge in [0, 0.05) is 17.8 Å². The molecule has 2 aromatic rings. The van der Waals surface area contributed by atoms with E-state index in [4.69, 9.17) is 11.6 Å². The molecule has 1 aromatic heterocycles. The molecule has 0 saturated heterocycles. The molecule has 98 valence electrons. The van der Waals surface area contributed by atoms with E-state index in [0.29, 0.717) is 11.6 Å². The lowest BCUT2D eigenvalue weighted by Gasteiger charge is -2.21. The van der Waals surface area contributed by atoms with Gasteiger partial charge in [-0.15, -0.1) is 0 Å². The second kappa shape index (κ2) is 5.80. The first-order valence-electron chi connectivity index (χ1n) is 5.81. The van der Waals surface area contributed by atoms with Crippen LogP contribution in [0.4, 0.5) is 10.1 Å². The van der Waals surface area contributed by atoms with Gasteiger partial charge in [-0.1, -0.05) is 17.7 Å². The van der Waals surface area contributed by atoms with E-state index in [1.165, 1.54) is 23.2 Å². The number of benzene rings is 1. The zero-order valence-electron chi connectivity index (χ0n) is 10.3. The molecule has 5 heteroatoms. The Morgan fingerprint density at radius 3 is 2.74 bits per heavy atom. The minimum Gasteiger partial charge on any atom is -0.304 e. The van der Waals surface area contributed by atoms with Crippen molar-refractivity contribution >= 4 is 23.2 Å². The average molecular weight is 279 g/mol. The Hall–Kier alpha value is -1.94. The van der Waals surface area contributed by atoms with Crippen molar-refractivity contribution < 1.29 is 9.18 Å². The number of hydrogen-bond acceptors (Lipinski definition) is 2. The number of carbonyl (C=O) groups excluding carboxylic acids is 1. The van der Waals surface area contributed by atoms with Crippen molar-refractivity contribution in [2.24, 2.45) is 0 Å². The van der Waals surface area contributed by atoms with Gasteiger partial charge in [-0.3, -0.25) is 9.78 Å². The minimum absolute atomic E-state index is 0.197. The Morgan fingerprint density at radius 1 is 1.37 bits per heavy atom. The maximum atomic E-state index is 13.9. The van der Waals surface area contributed by atoms with Gasteiger partial charge in [0.05, 0.1) is 5.69 Å². The van der Waals surface area contributed by atoms with Crippen molar-refractivity contribution in [2.75, 3.05) is 11.4 Å². The van der Waals surface area contributed by atoms with Crippen LogP contribution in [0, 0.1) is 5.82 Å². The van der Waals surface area contributed by atoms with Crippen LogP contribution in [-0.2, 0) is 0 Å². The zero-order valence-corrected chi connectivity index (χ0v) is 11.1. The quantitative estimate of drug-likeness (QED) is 0.860. The van der Waals surface area contributed by atoms with Crippen molar-refractivity contribution in [3.63, 3.8) is 0 Å². The third-order valence-electron chi connectivity index (χ3n) is 2.65. The van der Waals surface area contributed by atoms with E-state index >= 15 is 0 Å². The average Bonchev–Trinajstić information content (AvgIpc) is 2.42. The fourth-order valence-corrected chi connectivity index (χ4v) is 1.91. The van der Waals surface area contributed by atoms with Gasteiger partial charge in [-0.25, -0.2) is 4.39 Å². The number of aromatic nitrogens is 1. The normalized spacial score (nSPS) is 10.3. The highest BCUT2D eigenvalue weighted by atomic mass is 35.5. The van der Waals surface area contributed by atoms with Gasteiger partial charge in [-0.05, 0) is 37.3 Å². The molecule has 0 saturated carbocycles. The Morgan fingerprint density at radius 2 is 2.16 bits per heavy atom. The number of hydrogen-bond donors (Lipinski definition) is 0. The molecule has 0 aliphatic heterocycles. The monoisotopic (exact) mass is 278 g/mol. The summed E-state index contributed by atoms with van der Waals surface area (Å²) in [4.78, 5) is 17.6. The maximum absolute atomic E-state index is 13.9. The molecule has 0 radical (unpaired) electrons. The number of amides is 1. The van der Waals surface area contributed by atoms with E-state index in [1.807, 2.05) is 0 Å². The Balaban J connectivity index is 2.37. The van der Waals surface area contributed by atoms with Crippen molar-refractivity contribution in [1.82, 2.24) is 4.98 Å². The summed E-state index contributed by atoms with van der Waals surface area (Å²) < 4.78 is 13.9. The van der Waals surface area contributed by atoms with Crippen molar-refractivity contribution in [2.45, 2.75) is 6.92 Å². The van der Waals surface area contributed by atoms with E-state index in [2.05, 4.69) is 4.98 Å². The highest BCUT2D eigenvalue weighted by Crippen LogP contribution is 2.23. The Labute approximate surface area is 115 Å². The first-order chi connectivity index (χ1) is 9.13. The molecule has 2 rings (SSSR count). The van der Waals surface area contributed by atoms with Crippen LogP contribution in [0.3, 0.4) is 0 Å². The highest BCUT2D eigenvalue weighted by Gasteiger charge is 2.19. The van der Waals surface area contributed by atoms with E-state index < -0.39 is 5.82 Å². The molecule has 0 bridgehead atoms. The molecule has 0 fully saturated rings. The smallest absolute Gasteiger partial charge is 0.276 e. The molecule has 0 atom stereocenters. The van der Waals surface area contributed by atoms with Crippen LogP contribution in [-0.4, -0.2) is 17.4 Å². The SMILES string of the molecule is CCN(C(=O)c1ccccn1)c1ccc(Cl)cc1F. The Bertz CT molecular complexity index is 589. The van der Waals surface area contributed by atoms with Gasteiger partial charge in [0.2, 0.25) is 0 Å². The van der Waals surface area contributed by atoms with Crippen LogP contribution in [0.5, 0.6) is 0 Å². The first-order valence-corrected chi connectivity index (χ1v) is 6.19. The van der Waals surface area contributed by atoms with Gasteiger partial charge < -0.3 is 4.90 Å². The third-order valence-corrected chi connectivity index (χ3v) is 2.88. The lowest BCUT2D eigenvalue weighted by atomic mass is 10.2. The fraction of sp³-hybridized carbons (Fsp3) is 0.143. The zero-order chi connectivity index (χ0) is 13.8. The summed E-state index contributed by atoms with van der Waals surface area (Å²) in [7, 11) is 0. The van der Waals surface area contributed by atoms with E-state index in [9.17, 15) is 9.18 Å². The van der Waals surface area contributed by atoms with Crippen LogP contribution < -0.4 is 4.90 Å². The van der Waals surface area contributed by atoms with E-state index in [-0.39, 0.29) is 17.3 Å². The number of halogens is 2. The van der Waals surface area contributed by atoms with Crippen LogP contribution in [0.2, 0.25) is 5.02 Å². The lowest BCUT2D eigenvalue weighted by molar-refractivity contribution is 0.0982. The van der Waals surface area contributed by atoms with Gasteiger partial charge in [0.1, 0.15) is 11.5 Å². The van der Waals surface area contributed by atoms with Crippen LogP contribution in [0.1, 0.15) is 17.4 Å². The fourth-order valence-electron chi connectivity index (χ4n) is 1.75. The number of pyridine rings is 1. The van der Waals surface area contributed by atoms with Crippen LogP contribution in [0.15, 0.2) is 42.6 Å². The molecule has 0 unspecified atom stereocenters. The van der Waals surface area contributed by atoms with Crippen molar-refractivity contribution in [3.8, 4) is 0 Å². The predicted molar refractivity (Wildman–Crippen MR) is 73.0 cm³/mol. The molecule has 1 heterocycles. The standard InChI is InChI=1S/C14H12ClFN2O/c1-2-18(13-7-6-10(15)9-11(13)16)14(19)12-5-3-4-8-17-12/h3-9H,2H2,1H3. The van der Waals surface area contributed by atoms with Gasteiger partial charge >= 0.3 is 0 Å². The minimum atomic E-state index is -0.529. The summed E-state index contributed by atoms with van der Waals surface area (Å²) in [5, 5.41) is 0.294. The molecule has 1 aromatic carbocycles. The molecule has 0 N–H and O–H groups in total. The molecule has 0 spiro atoms. The van der Waals surface area contributed by atoms with Gasteiger partial charge in [-0.2, -0.15) is 0 Å². The summed E-state index contributed by atoms with van der Waals surface area (Å²) in [6, 6.07) is 9.25. The predicted octanol–water partition coefficient (Wildman–Crippen LogP) is 3.54. The lowest BCUT2D eigenvalue weighted by Crippen LogP contribution is -2.32. The van der Waals surface area contributed by atoms with Gasteiger partial charge in [0.25, 0.3) is 5.91 Å². The second-order valence-electron chi connectivity index (χ2n) is 3.86. The number of carbonyl (C=O) groups is 1. The molecule has 3 nitrogen and oxygen atoms in total.